The largest absolute Gasteiger partial charge is 0.371 e. The van der Waals surface area contributed by atoms with Crippen molar-refractivity contribution in [3.8, 4) is 0 Å². The average molecular weight is 515 g/mol. The zero-order valence-electron chi connectivity index (χ0n) is 24.6. The maximum atomic E-state index is 8.55. The Morgan fingerprint density at radius 2 is 0.583 bits per heavy atom. The molecule has 0 bridgehead atoms. The van der Waals surface area contributed by atoms with E-state index in [2.05, 4.69) is 6.92 Å². The molecule has 0 spiro atoms. The first-order chi connectivity index (χ1) is 17.9. The van der Waals surface area contributed by atoms with Gasteiger partial charge in [-0.3, -0.25) is 0 Å². The van der Waals surface area contributed by atoms with E-state index in [0.717, 1.165) is 19.6 Å². The number of ether oxygens (including phenoxy) is 3. The van der Waals surface area contributed by atoms with Crippen LogP contribution in [0.25, 0.3) is 0 Å². The highest BCUT2D eigenvalue weighted by molar-refractivity contribution is 4.51. The molecular formula is C32H66O4. The Hall–Kier alpha value is -0.160. The van der Waals surface area contributed by atoms with Gasteiger partial charge < -0.3 is 19.3 Å². The van der Waals surface area contributed by atoms with Gasteiger partial charge in [0.05, 0.1) is 0 Å². The molecule has 0 amide bonds. The topological polar surface area (TPSA) is 47.9 Å². The lowest BCUT2D eigenvalue weighted by molar-refractivity contribution is -0.0556. The smallest absolute Gasteiger partial charge is 0.146 e. The normalized spacial score (nSPS) is 11.5. The monoisotopic (exact) mass is 514 g/mol. The van der Waals surface area contributed by atoms with E-state index in [9.17, 15) is 0 Å². The molecule has 0 aromatic rings. The summed E-state index contributed by atoms with van der Waals surface area (Å²) in [6.45, 7) is 5.06. The second kappa shape index (κ2) is 34.8. The fourth-order valence-corrected chi connectivity index (χ4v) is 4.82. The van der Waals surface area contributed by atoms with Crippen molar-refractivity contribution < 1.29 is 19.3 Å². The number of aliphatic hydroxyl groups is 1. The van der Waals surface area contributed by atoms with E-state index in [1.54, 1.807) is 0 Å². The zero-order chi connectivity index (χ0) is 26.0. The summed E-state index contributed by atoms with van der Waals surface area (Å²) in [4.78, 5) is 0. The van der Waals surface area contributed by atoms with E-state index in [1.807, 2.05) is 0 Å². The maximum absolute atomic E-state index is 8.55. The minimum Gasteiger partial charge on any atom is -0.371 e. The number of rotatable bonds is 33. The van der Waals surface area contributed by atoms with Gasteiger partial charge in [0.15, 0.2) is 0 Å². The minimum absolute atomic E-state index is 0.132. The van der Waals surface area contributed by atoms with Crippen LogP contribution in [-0.4, -0.2) is 38.5 Å². The predicted octanol–water partition coefficient (Wildman–Crippen LogP) is 10.1. The van der Waals surface area contributed by atoms with Crippen LogP contribution in [0.4, 0.5) is 0 Å². The average Bonchev–Trinajstić information content (AvgIpc) is 2.89. The van der Waals surface area contributed by atoms with Gasteiger partial charge in [0, 0.05) is 19.8 Å². The molecule has 0 radical (unpaired) electrons. The fourth-order valence-electron chi connectivity index (χ4n) is 4.82. The Balaban J connectivity index is 3.00. The number of hydrogen-bond acceptors (Lipinski definition) is 4. The number of aliphatic hydroxyl groups excluding tert-OH is 1. The molecule has 0 aliphatic rings. The molecule has 1 N–H and O–H groups in total. The highest BCUT2D eigenvalue weighted by Crippen LogP contribution is 2.14. The molecule has 0 aromatic heterocycles. The van der Waals surface area contributed by atoms with Crippen molar-refractivity contribution in [2.24, 2.45) is 0 Å². The molecule has 0 saturated carbocycles. The molecule has 4 nitrogen and oxygen atoms in total. The third-order valence-corrected chi connectivity index (χ3v) is 7.23. The Morgan fingerprint density at radius 3 is 0.861 bits per heavy atom. The van der Waals surface area contributed by atoms with E-state index in [0.29, 0.717) is 13.4 Å². The lowest BCUT2D eigenvalue weighted by atomic mass is 10.0. The summed E-state index contributed by atoms with van der Waals surface area (Å²) in [5, 5.41) is 8.55. The molecule has 0 unspecified atom stereocenters. The SMILES string of the molecule is CCCCCCCCCCOCOCCCCCCCCCCCCCCCCCCCCOCO. The molecule has 0 saturated heterocycles. The maximum Gasteiger partial charge on any atom is 0.146 e. The van der Waals surface area contributed by atoms with Crippen LogP contribution in [-0.2, 0) is 14.2 Å². The fraction of sp³-hybridized carbons (Fsp3) is 1.00. The molecule has 36 heavy (non-hydrogen) atoms. The van der Waals surface area contributed by atoms with Crippen molar-refractivity contribution in [3.05, 3.63) is 0 Å². The molecule has 0 atom stereocenters. The first kappa shape index (κ1) is 35.8. The van der Waals surface area contributed by atoms with E-state index in [-0.39, 0.29) is 6.79 Å². The zero-order valence-corrected chi connectivity index (χ0v) is 24.6. The summed E-state index contributed by atoms with van der Waals surface area (Å²) < 4.78 is 16.2. The van der Waals surface area contributed by atoms with E-state index in [4.69, 9.17) is 19.3 Å². The van der Waals surface area contributed by atoms with Crippen molar-refractivity contribution in [3.63, 3.8) is 0 Å². The van der Waals surface area contributed by atoms with Gasteiger partial charge in [0.2, 0.25) is 0 Å². The van der Waals surface area contributed by atoms with Gasteiger partial charge in [-0.05, 0) is 19.3 Å². The van der Waals surface area contributed by atoms with Crippen LogP contribution in [0.2, 0.25) is 0 Å². The summed E-state index contributed by atoms with van der Waals surface area (Å²) >= 11 is 0. The van der Waals surface area contributed by atoms with Crippen LogP contribution < -0.4 is 0 Å². The summed E-state index contributed by atoms with van der Waals surface area (Å²) in [5.74, 6) is 0. The molecule has 0 fully saturated rings. The van der Waals surface area contributed by atoms with Crippen molar-refractivity contribution >= 4 is 0 Å². The highest BCUT2D eigenvalue weighted by atomic mass is 16.7. The quantitative estimate of drug-likeness (QED) is 0.0699. The van der Waals surface area contributed by atoms with Crippen LogP contribution in [0.5, 0.6) is 0 Å². The van der Waals surface area contributed by atoms with Gasteiger partial charge >= 0.3 is 0 Å². The van der Waals surface area contributed by atoms with E-state index in [1.165, 1.54) is 161 Å². The molecule has 0 aliphatic carbocycles. The first-order valence-corrected chi connectivity index (χ1v) is 16.3. The third kappa shape index (κ3) is 33.8. The Morgan fingerprint density at radius 1 is 0.333 bits per heavy atom. The van der Waals surface area contributed by atoms with E-state index < -0.39 is 0 Å². The van der Waals surface area contributed by atoms with Gasteiger partial charge in [-0.25, -0.2) is 0 Å². The lowest BCUT2D eigenvalue weighted by Crippen LogP contribution is -2.03. The highest BCUT2D eigenvalue weighted by Gasteiger charge is 1.97. The summed E-state index contributed by atoms with van der Waals surface area (Å²) in [5.41, 5.74) is 0. The van der Waals surface area contributed by atoms with Crippen molar-refractivity contribution in [1.82, 2.24) is 0 Å². The minimum atomic E-state index is -0.132. The number of unbranched alkanes of at least 4 members (excludes halogenated alkanes) is 24. The summed E-state index contributed by atoms with van der Waals surface area (Å²) in [6, 6.07) is 0. The van der Waals surface area contributed by atoms with Crippen LogP contribution in [0, 0.1) is 0 Å². The van der Waals surface area contributed by atoms with Crippen LogP contribution >= 0.6 is 0 Å². The predicted molar refractivity (Wildman–Crippen MR) is 156 cm³/mol. The molecule has 0 heterocycles. The Bertz CT molecular complexity index is 330. The van der Waals surface area contributed by atoms with Gasteiger partial charge in [0.1, 0.15) is 13.6 Å². The molecule has 218 valence electrons. The summed E-state index contributed by atoms with van der Waals surface area (Å²) in [6.07, 6.45) is 35.2. The Kier molecular flexibility index (Phi) is 34.7. The van der Waals surface area contributed by atoms with Crippen molar-refractivity contribution in [1.29, 1.82) is 0 Å². The van der Waals surface area contributed by atoms with Gasteiger partial charge in [-0.2, -0.15) is 0 Å². The van der Waals surface area contributed by atoms with E-state index >= 15 is 0 Å². The number of hydrogen-bond donors (Lipinski definition) is 1. The second-order valence-corrected chi connectivity index (χ2v) is 10.8. The molecule has 0 aromatic carbocycles. The van der Waals surface area contributed by atoms with Crippen LogP contribution in [0.15, 0.2) is 0 Å². The molecule has 0 rings (SSSR count). The standard InChI is InChI=1S/C32H66O4/c1-2-3-4-5-6-19-23-26-29-35-32-36-30-27-24-21-18-16-14-12-10-8-7-9-11-13-15-17-20-22-25-28-34-31-33/h33H,2-32H2,1H3. The second-order valence-electron chi connectivity index (χ2n) is 10.8. The van der Waals surface area contributed by atoms with Crippen LogP contribution in [0.3, 0.4) is 0 Å². The third-order valence-electron chi connectivity index (χ3n) is 7.23. The van der Waals surface area contributed by atoms with Gasteiger partial charge in [-0.1, -0.05) is 155 Å². The van der Waals surface area contributed by atoms with Gasteiger partial charge in [0.25, 0.3) is 0 Å². The Labute approximate surface area is 226 Å². The molecule has 4 heteroatoms. The summed E-state index contributed by atoms with van der Waals surface area (Å²) in [7, 11) is 0. The molecular weight excluding hydrogens is 448 g/mol. The molecule has 0 aliphatic heterocycles. The van der Waals surface area contributed by atoms with Crippen molar-refractivity contribution in [2.75, 3.05) is 33.4 Å². The van der Waals surface area contributed by atoms with Gasteiger partial charge in [-0.15, -0.1) is 0 Å². The van der Waals surface area contributed by atoms with Crippen LogP contribution in [0.1, 0.15) is 174 Å². The first-order valence-electron chi connectivity index (χ1n) is 16.3. The van der Waals surface area contributed by atoms with Crippen molar-refractivity contribution in [2.45, 2.75) is 174 Å². The lowest BCUT2D eigenvalue weighted by Gasteiger charge is -2.06.